The van der Waals surface area contributed by atoms with Gasteiger partial charge in [-0.05, 0) is 20.8 Å². The van der Waals surface area contributed by atoms with E-state index in [1.807, 2.05) is 13.8 Å². The molecule has 0 radical (unpaired) electrons. The molecule has 0 aliphatic carbocycles. The van der Waals surface area contributed by atoms with Crippen LogP contribution >= 0.6 is 0 Å². The van der Waals surface area contributed by atoms with Crippen molar-refractivity contribution in [3.63, 3.8) is 0 Å². The number of nitrogens with zero attached hydrogens (tertiary/aromatic N) is 1. The van der Waals surface area contributed by atoms with Crippen LogP contribution in [0.15, 0.2) is 0 Å². The molecule has 0 saturated heterocycles. The fraction of sp³-hybridized carbons (Fsp3) is 0.917. The normalized spacial score (nSPS) is 12.9. The number of rotatable bonds is 11. The smallest absolute Gasteiger partial charge is 0.0920 e. The molecule has 1 atom stereocenters. The van der Waals surface area contributed by atoms with Crippen LogP contribution in [0.5, 0.6) is 0 Å². The first-order valence-corrected chi connectivity index (χ1v) is 6.34. The maximum Gasteiger partial charge on any atom is 0.0920 e. The van der Waals surface area contributed by atoms with Gasteiger partial charge in [0.2, 0.25) is 0 Å². The molecule has 0 fully saturated rings. The van der Waals surface area contributed by atoms with Crippen LogP contribution in [0.25, 0.3) is 0 Å². The molecule has 102 valence electrons. The highest BCUT2D eigenvalue weighted by Crippen LogP contribution is 2.03. The molecule has 17 heavy (non-hydrogen) atoms. The second-order valence-corrected chi connectivity index (χ2v) is 4.01. The third-order valence-electron chi connectivity index (χ3n) is 2.59. The third-order valence-corrected chi connectivity index (χ3v) is 2.59. The lowest BCUT2D eigenvalue weighted by atomic mass is 10.2. The summed E-state index contributed by atoms with van der Waals surface area (Å²) in [6.45, 7) is 10.7. The van der Waals surface area contributed by atoms with Gasteiger partial charge < -0.3 is 15.2 Å². The summed E-state index contributed by atoms with van der Waals surface area (Å²) in [6, 6.07) is 0.258. The molecule has 1 unspecified atom stereocenters. The van der Waals surface area contributed by atoms with E-state index < -0.39 is 0 Å². The van der Waals surface area contributed by atoms with Crippen LogP contribution in [-0.4, -0.2) is 56.3 Å². The average Bonchev–Trinajstić information content (AvgIpc) is 2.26. The van der Waals surface area contributed by atoms with Gasteiger partial charge in [0.15, 0.2) is 0 Å². The molecule has 0 aromatic carbocycles. The molecule has 5 heteroatoms. The highest BCUT2D eigenvalue weighted by molar-refractivity contribution is 5.77. The Morgan fingerprint density at radius 2 is 1.65 bits per heavy atom. The first-order chi connectivity index (χ1) is 8.11. The van der Waals surface area contributed by atoms with Crippen LogP contribution in [0.4, 0.5) is 0 Å². The lowest BCUT2D eigenvalue weighted by Crippen LogP contribution is -2.40. The molecule has 0 aromatic rings. The number of hydrogen-bond donors (Lipinski definition) is 2. The Kier molecular flexibility index (Phi) is 10.1. The summed E-state index contributed by atoms with van der Waals surface area (Å²) in [7, 11) is 0. The molecule has 0 heterocycles. The van der Waals surface area contributed by atoms with Gasteiger partial charge in [0.05, 0.1) is 19.0 Å². The SMILES string of the molecule is CCOCCN(CCOCC)C(C)CC(=N)N. The van der Waals surface area contributed by atoms with E-state index in [0.717, 1.165) is 26.3 Å². The molecule has 0 bridgehead atoms. The van der Waals surface area contributed by atoms with E-state index in [4.69, 9.17) is 20.6 Å². The lowest BCUT2D eigenvalue weighted by molar-refractivity contribution is 0.0675. The summed E-state index contributed by atoms with van der Waals surface area (Å²) in [5.74, 6) is 0.232. The van der Waals surface area contributed by atoms with Crippen molar-refractivity contribution in [1.29, 1.82) is 5.41 Å². The zero-order chi connectivity index (χ0) is 13.1. The van der Waals surface area contributed by atoms with Gasteiger partial charge in [0.25, 0.3) is 0 Å². The van der Waals surface area contributed by atoms with E-state index in [0.29, 0.717) is 19.6 Å². The largest absolute Gasteiger partial charge is 0.388 e. The summed E-state index contributed by atoms with van der Waals surface area (Å²) in [4.78, 5) is 2.26. The van der Waals surface area contributed by atoms with Gasteiger partial charge in [-0.3, -0.25) is 10.3 Å². The van der Waals surface area contributed by atoms with E-state index in [9.17, 15) is 0 Å². The lowest BCUT2D eigenvalue weighted by Gasteiger charge is -2.28. The third kappa shape index (κ3) is 9.09. The molecule has 0 aromatic heterocycles. The molecule has 0 aliphatic heterocycles. The van der Waals surface area contributed by atoms with E-state index >= 15 is 0 Å². The minimum absolute atomic E-state index is 0.232. The maximum atomic E-state index is 7.33. The van der Waals surface area contributed by atoms with Gasteiger partial charge in [-0.15, -0.1) is 0 Å². The van der Waals surface area contributed by atoms with Crippen molar-refractivity contribution in [3.8, 4) is 0 Å². The van der Waals surface area contributed by atoms with Gasteiger partial charge in [0.1, 0.15) is 0 Å². The van der Waals surface area contributed by atoms with E-state index in [1.54, 1.807) is 0 Å². The standard InChI is InChI=1S/C12H27N3O2/c1-4-16-8-6-15(7-9-17-5-2)11(3)10-12(13)14/h11H,4-10H2,1-3H3,(H3,13,14). The zero-order valence-corrected chi connectivity index (χ0v) is 11.4. The Morgan fingerprint density at radius 3 is 2.00 bits per heavy atom. The predicted molar refractivity (Wildman–Crippen MR) is 70.6 cm³/mol. The van der Waals surface area contributed by atoms with Crippen molar-refractivity contribution in [2.45, 2.75) is 33.2 Å². The minimum Gasteiger partial charge on any atom is -0.388 e. The van der Waals surface area contributed by atoms with E-state index in [1.165, 1.54) is 0 Å². The van der Waals surface area contributed by atoms with Gasteiger partial charge in [-0.25, -0.2) is 0 Å². The average molecular weight is 245 g/mol. The van der Waals surface area contributed by atoms with Crippen molar-refractivity contribution in [1.82, 2.24) is 4.90 Å². The number of nitrogens with one attached hydrogen (secondary N) is 1. The Bertz CT molecular complexity index is 190. The van der Waals surface area contributed by atoms with Gasteiger partial charge >= 0.3 is 0 Å². The van der Waals surface area contributed by atoms with Crippen LogP contribution in [0, 0.1) is 5.41 Å². The van der Waals surface area contributed by atoms with Crippen molar-refractivity contribution < 1.29 is 9.47 Å². The van der Waals surface area contributed by atoms with E-state index in [2.05, 4.69) is 11.8 Å². The Hall–Kier alpha value is -0.650. The van der Waals surface area contributed by atoms with Crippen molar-refractivity contribution in [2.24, 2.45) is 5.73 Å². The first-order valence-electron chi connectivity index (χ1n) is 6.34. The molecule has 0 amide bonds. The van der Waals surface area contributed by atoms with Gasteiger partial charge in [-0.1, -0.05) is 0 Å². The predicted octanol–water partition coefficient (Wildman–Crippen LogP) is 1.08. The Morgan fingerprint density at radius 1 is 1.18 bits per heavy atom. The second kappa shape index (κ2) is 10.5. The maximum absolute atomic E-state index is 7.33. The quantitative estimate of drug-likeness (QED) is 0.324. The molecule has 0 saturated carbocycles. The molecular formula is C12H27N3O2. The van der Waals surface area contributed by atoms with Crippen LogP contribution in [0.1, 0.15) is 27.2 Å². The molecule has 3 N–H and O–H groups in total. The van der Waals surface area contributed by atoms with Crippen LogP contribution in [0.2, 0.25) is 0 Å². The number of nitrogens with two attached hydrogens (primary N) is 1. The summed E-state index contributed by atoms with van der Waals surface area (Å²) in [6.07, 6.45) is 0.595. The first kappa shape index (κ1) is 16.4. The van der Waals surface area contributed by atoms with E-state index in [-0.39, 0.29) is 11.9 Å². The van der Waals surface area contributed by atoms with Crippen molar-refractivity contribution in [3.05, 3.63) is 0 Å². The van der Waals surface area contributed by atoms with Crippen LogP contribution < -0.4 is 5.73 Å². The topological polar surface area (TPSA) is 71.6 Å². The van der Waals surface area contributed by atoms with Crippen LogP contribution in [0.3, 0.4) is 0 Å². The molecular weight excluding hydrogens is 218 g/mol. The Balaban J connectivity index is 4.02. The highest BCUT2D eigenvalue weighted by Gasteiger charge is 2.14. The fourth-order valence-corrected chi connectivity index (χ4v) is 1.65. The fourth-order valence-electron chi connectivity index (χ4n) is 1.65. The van der Waals surface area contributed by atoms with Crippen molar-refractivity contribution >= 4 is 5.84 Å². The van der Waals surface area contributed by atoms with Gasteiger partial charge in [0, 0.05) is 38.8 Å². The highest BCUT2D eigenvalue weighted by atomic mass is 16.5. The number of hydrogen-bond acceptors (Lipinski definition) is 4. The summed E-state index contributed by atoms with van der Waals surface area (Å²) < 4.78 is 10.7. The zero-order valence-electron chi connectivity index (χ0n) is 11.4. The summed E-state index contributed by atoms with van der Waals surface area (Å²) >= 11 is 0. The minimum atomic E-state index is 0.232. The summed E-state index contributed by atoms with van der Waals surface area (Å²) in [5.41, 5.74) is 5.43. The Labute approximate surface area is 105 Å². The second-order valence-electron chi connectivity index (χ2n) is 4.01. The molecule has 0 spiro atoms. The molecule has 5 nitrogen and oxygen atoms in total. The molecule has 0 rings (SSSR count). The van der Waals surface area contributed by atoms with Gasteiger partial charge in [-0.2, -0.15) is 0 Å². The number of amidine groups is 1. The summed E-state index contributed by atoms with van der Waals surface area (Å²) in [5, 5.41) is 7.33. The monoisotopic (exact) mass is 245 g/mol. The van der Waals surface area contributed by atoms with Crippen molar-refractivity contribution in [2.75, 3.05) is 39.5 Å². The number of ether oxygens (including phenoxy) is 2. The molecule has 0 aliphatic rings. The van der Waals surface area contributed by atoms with Crippen LogP contribution in [-0.2, 0) is 9.47 Å².